The zero-order valence-electron chi connectivity index (χ0n) is 28.6. The Morgan fingerprint density at radius 3 is 1.14 bits per heavy atom. The van der Waals surface area contributed by atoms with Gasteiger partial charge >= 0.3 is 0 Å². The van der Waals surface area contributed by atoms with Crippen molar-refractivity contribution in [3.05, 3.63) is 23.5 Å². The standard InChI is InChI=1S/C20H32N2O4.C12H27O3P.Tc/c1-17(2)13(15(23)19(5,6)25-17)11-21-9-10-22-12-14-16(24)20(7,8)26-18(14,3)4;1-13-7-4-10-16(11-5-8-14-2)12-6-9-15-3;/h11-12,21-22H,9-10H2,1-8H3;4-12H2,1-3H3;/b13-11-,14-12-;;/i;;1+1. The largest absolute Gasteiger partial charge is 0.389 e. The molecule has 0 aromatic heterocycles. The molecule has 11 heteroatoms. The maximum Gasteiger partial charge on any atom is 0.194 e. The number of nitrogens with one attached hydrogen (secondary N) is 2. The smallest absolute Gasteiger partial charge is 0.194 e. The van der Waals surface area contributed by atoms with Crippen LogP contribution in [0.4, 0.5) is 0 Å². The molecule has 0 saturated carbocycles. The van der Waals surface area contributed by atoms with Crippen LogP contribution in [-0.4, -0.2) is 107 Å². The minimum atomic E-state index is -0.791. The summed E-state index contributed by atoms with van der Waals surface area (Å²) in [4.78, 5) is 24.8. The SMILES string of the molecule is CC1(C)OC(C)(C)/C(=C\NCCN/C=C2/C(=O)C(C)(C)OC2(C)C)C1=O.COCCCP(CCCOC)CCCOC.[99Tc]. The molecular formula is C32H59N2O7PTc. The van der Waals surface area contributed by atoms with E-state index in [0.717, 1.165) is 19.8 Å². The Labute approximate surface area is 276 Å². The van der Waals surface area contributed by atoms with Gasteiger partial charge in [-0.1, -0.05) is 0 Å². The Balaban J connectivity index is 0.000000900. The first-order valence-corrected chi connectivity index (χ1v) is 17.0. The molecule has 2 saturated heterocycles. The first-order valence-electron chi connectivity index (χ1n) is 15.1. The number of methoxy groups -OCH3 is 3. The van der Waals surface area contributed by atoms with Gasteiger partial charge in [0.2, 0.25) is 0 Å². The van der Waals surface area contributed by atoms with Crippen LogP contribution in [0.1, 0.15) is 74.7 Å². The molecule has 2 aliphatic heterocycles. The summed E-state index contributed by atoms with van der Waals surface area (Å²) in [6.07, 6.45) is 11.1. The fraction of sp³-hybridized carbons (Fsp3) is 0.812. The van der Waals surface area contributed by atoms with Crippen LogP contribution in [0, 0.1) is 0 Å². The molecule has 2 aliphatic rings. The zero-order chi connectivity index (χ0) is 32.0. The number of carbonyl (C=O) groups is 2. The van der Waals surface area contributed by atoms with E-state index >= 15 is 0 Å². The summed E-state index contributed by atoms with van der Waals surface area (Å²) < 4.78 is 27.0. The van der Waals surface area contributed by atoms with Gasteiger partial charge in [0.1, 0.15) is 11.2 Å². The van der Waals surface area contributed by atoms with Crippen molar-refractivity contribution in [2.24, 2.45) is 0 Å². The number of Topliss-reactive ketones (excluding diaryl/α,β-unsaturated/α-hetero) is 2. The van der Waals surface area contributed by atoms with Gasteiger partial charge in [-0.15, -0.1) is 7.92 Å². The molecule has 43 heavy (non-hydrogen) atoms. The molecular weight excluding hydrogens is 654 g/mol. The quantitative estimate of drug-likeness (QED) is 0.125. The Hall–Kier alpha value is -0.701. The van der Waals surface area contributed by atoms with Crippen LogP contribution in [0.3, 0.4) is 0 Å². The molecule has 1 radical (unpaired) electrons. The second-order valence-corrected chi connectivity index (χ2v) is 15.5. The van der Waals surface area contributed by atoms with Gasteiger partial charge in [-0.3, -0.25) is 9.59 Å². The molecule has 0 spiro atoms. The summed E-state index contributed by atoms with van der Waals surface area (Å²) in [6.45, 7) is 18.6. The van der Waals surface area contributed by atoms with E-state index < -0.39 is 22.4 Å². The first kappa shape index (κ1) is 42.3. The maximum atomic E-state index is 12.4. The molecule has 0 bridgehead atoms. The van der Waals surface area contributed by atoms with Crippen molar-refractivity contribution in [1.82, 2.24) is 10.6 Å². The van der Waals surface area contributed by atoms with E-state index in [1.165, 1.54) is 37.7 Å². The fourth-order valence-electron chi connectivity index (χ4n) is 5.28. The summed E-state index contributed by atoms with van der Waals surface area (Å²) in [6, 6.07) is 0. The van der Waals surface area contributed by atoms with Crippen molar-refractivity contribution in [3.8, 4) is 0 Å². The number of carbonyl (C=O) groups excluding carboxylic acids is 2. The minimum Gasteiger partial charge on any atom is -0.389 e. The van der Waals surface area contributed by atoms with Gasteiger partial charge < -0.3 is 34.3 Å². The topological polar surface area (TPSA) is 104 Å². The Kier molecular flexibility index (Phi) is 19.4. The molecule has 251 valence electrons. The summed E-state index contributed by atoms with van der Waals surface area (Å²) >= 11 is 0. The van der Waals surface area contributed by atoms with Gasteiger partial charge in [0.05, 0.1) is 11.2 Å². The van der Waals surface area contributed by atoms with Crippen molar-refractivity contribution in [2.45, 2.75) is 97.1 Å². The summed E-state index contributed by atoms with van der Waals surface area (Å²) in [7, 11) is 5.49. The molecule has 0 aromatic carbocycles. The molecule has 2 N–H and O–H groups in total. The number of ether oxygens (including phenoxy) is 5. The normalized spacial score (nSPS) is 21.6. The van der Waals surface area contributed by atoms with E-state index in [1.807, 2.05) is 27.7 Å². The van der Waals surface area contributed by atoms with Gasteiger partial charge in [-0.2, -0.15) is 0 Å². The third kappa shape index (κ3) is 14.1. The second-order valence-electron chi connectivity index (χ2n) is 12.8. The number of rotatable bonds is 17. The van der Waals surface area contributed by atoms with E-state index in [2.05, 4.69) is 10.6 Å². The molecule has 9 nitrogen and oxygen atoms in total. The third-order valence-electron chi connectivity index (χ3n) is 7.28. The van der Waals surface area contributed by atoms with E-state index in [9.17, 15) is 9.59 Å². The molecule has 2 rings (SSSR count). The molecule has 0 atom stereocenters. The monoisotopic (exact) mass is 713 g/mol. The Morgan fingerprint density at radius 1 is 0.605 bits per heavy atom. The molecule has 2 heterocycles. The molecule has 0 unspecified atom stereocenters. The van der Waals surface area contributed by atoms with Crippen molar-refractivity contribution in [3.63, 3.8) is 0 Å². The van der Waals surface area contributed by atoms with E-state index in [4.69, 9.17) is 23.7 Å². The average molecular weight is 714 g/mol. The third-order valence-corrected chi connectivity index (χ3v) is 10.1. The van der Waals surface area contributed by atoms with Gasteiger partial charge in [0, 0.05) is 97.9 Å². The molecule has 0 amide bonds. The van der Waals surface area contributed by atoms with E-state index in [-0.39, 0.29) is 39.6 Å². The predicted octanol–water partition coefficient (Wildman–Crippen LogP) is 4.82. The Morgan fingerprint density at radius 2 is 0.907 bits per heavy atom. The summed E-state index contributed by atoms with van der Waals surface area (Å²) in [5.74, 6) is 0.00511. The van der Waals surface area contributed by atoms with E-state index in [0.29, 0.717) is 24.2 Å². The average Bonchev–Trinajstić information content (AvgIpc) is 3.15. The molecule has 0 aromatic rings. The van der Waals surface area contributed by atoms with Crippen LogP contribution in [-0.2, 0) is 53.4 Å². The van der Waals surface area contributed by atoms with Crippen LogP contribution < -0.4 is 10.6 Å². The van der Waals surface area contributed by atoms with Crippen LogP contribution in [0.5, 0.6) is 0 Å². The van der Waals surface area contributed by atoms with Crippen molar-refractivity contribution in [2.75, 3.05) is 72.7 Å². The summed E-state index contributed by atoms with van der Waals surface area (Å²) in [5, 5.41) is 6.31. The van der Waals surface area contributed by atoms with Crippen LogP contribution in [0.25, 0.3) is 0 Å². The predicted molar refractivity (Wildman–Crippen MR) is 172 cm³/mol. The fourth-order valence-corrected chi connectivity index (χ4v) is 7.68. The molecule has 0 aliphatic carbocycles. The van der Waals surface area contributed by atoms with Gasteiger partial charge in [0.25, 0.3) is 0 Å². The number of hydrogen-bond acceptors (Lipinski definition) is 9. The van der Waals surface area contributed by atoms with E-state index in [1.54, 1.807) is 61.4 Å². The number of hydrogen-bond donors (Lipinski definition) is 2. The van der Waals surface area contributed by atoms with Gasteiger partial charge in [-0.05, 0) is 93.1 Å². The Bertz CT molecular complexity index is 838. The summed E-state index contributed by atoms with van der Waals surface area (Å²) in [5.41, 5.74) is -1.51. The van der Waals surface area contributed by atoms with Crippen molar-refractivity contribution >= 4 is 19.5 Å². The van der Waals surface area contributed by atoms with Gasteiger partial charge in [-0.25, -0.2) is 0 Å². The first-order chi connectivity index (χ1) is 19.6. The minimum absolute atomic E-state index is 0. The molecule has 2 fully saturated rings. The number of ketones is 2. The second kappa shape index (κ2) is 19.7. The van der Waals surface area contributed by atoms with Gasteiger partial charge in [0.15, 0.2) is 11.6 Å². The van der Waals surface area contributed by atoms with Crippen LogP contribution in [0.2, 0.25) is 0 Å². The van der Waals surface area contributed by atoms with Crippen molar-refractivity contribution in [1.29, 1.82) is 0 Å². The van der Waals surface area contributed by atoms with Crippen LogP contribution in [0.15, 0.2) is 23.5 Å². The van der Waals surface area contributed by atoms with Crippen LogP contribution >= 0.6 is 7.92 Å². The van der Waals surface area contributed by atoms with Crippen molar-refractivity contribution < 1.29 is 53.4 Å². The maximum absolute atomic E-state index is 12.4. The zero-order valence-corrected chi connectivity index (χ0v) is 31.4.